The largest absolute Gasteiger partial charge is 0.490 e. The molecule has 0 radical (unpaired) electrons. The van der Waals surface area contributed by atoms with Gasteiger partial charge in [-0.1, -0.05) is 35.9 Å². The van der Waals surface area contributed by atoms with Crippen molar-refractivity contribution in [3.8, 4) is 17.6 Å². The minimum absolute atomic E-state index is 0.154. The topological polar surface area (TPSA) is 79.5 Å². The molecule has 0 atom stereocenters. The number of benzene rings is 3. The van der Waals surface area contributed by atoms with Crippen LogP contribution < -0.4 is 9.47 Å². The first-order chi connectivity index (χ1) is 15.4. The lowest BCUT2D eigenvalue weighted by Gasteiger charge is -2.15. The molecule has 0 fully saturated rings. The summed E-state index contributed by atoms with van der Waals surface area (Å²) >= 11 is 6.45. The fourth-order valence-electron chi connectivity index (χ4n) is 2.98. The molecule has 0 unspecified atom stereocenters. The molecule has 0 aliphatic rings. The highest BCUT2D eigenvalue weighted by atomic mass is 35.5. The summed E-state index contributed by atoms with van der Waals surface area (Å²) in [7, 11) is 0. The normalized spacial score (nSPS) is 11.0. The summed E-state index contributed by atoms with van der Waals surface area (Å²) in [5.74, 6) is -0.711. The number of hydrogen-bond donors (Lipinski definition) is 1. The molecule has 0 spiro atoms. The van der Waals surface area contributed by atoms with Crippen LogP contribution in [0.4, 0.5) is 4.39 Å². The van der Waals surface area contributed by atoms with E-state index in [1.807, 2.05) is 6.92 Å². The second-order valence-corrected chi connectivity index (χ2v) is 7.14. The van der Waals surface area contributed by atoms with E-state index in [2.05, 4.69) is 6.07 Å². The van der Waals surface area contributed by atoms with Crippen LogP contribution in [-0.2, 0) is 6.61 Å². The van der Waals surface area contributed by atoms with Gasteiger partial charge >= 0.3 is 5.97 Å². The van der Waals surface area contributed by atoms with Crippen molar-refractivity contribution in [2.24, 2.45) is 0 Å². The number of nitriles is 1. The number of aromatic carboxylic acids is 1. The van der Waals surface area contributed by atoms with E-state index in [0.717, 1.165) is 5.56 Å². The Hall–Kier alpha value is -3.82. The van der Waals surface area contributed by atoms with Crippen LogP contribution in [0.3, 0.4) is 0 Å². The number of carboxylic acids is 1. The lowest BCUT2D eigenvalue weighted by molar-refractivity contribution is 0.0697. The van der Waals surface area contributed by atoms with Gasteiger partial charge in [0.1, 0.15) is 12.4 Å². The van der Waals surface area contributed by atoms with E-state index in [0.29, 0.717) is 29.2 Å². The van der Waals surface area contributed by atoms with Crippen molar-refractivity contribution in [3.05, 3.63) is 93.8 Å². The van der Waals surface area contributed by atoms with E-state index >= 15 is 0 Å². The molecule has 0 amide bonds. The van der Waals surface area contributed by atoms with Crippen LogP contribution in [0, 0.1) is 17.1 Å². The highest BCUT2D eigenvalue weighted by molar-refractivity contribution is 6.32. The highest BCUT2D eigenvalue weighted by Crippen LogP contribution is 2.38. The van der Waals surface area contributed by atoms with Gasteiger partial charge in [0.2, 0.25) is 0 Å². The highest BCUT2D eigenvalue weighted by Gasteiger charge is 2.14. The van der Waals surface area contributed by atoms with Crippen molar-refractivity contribution in [2.45, 2.75) is 13.5 Å². The zero-order valence-electron chi connectivity index (χ0n) is 17.1. The summed E-state index contributed by atoms with van der Waals surface area (Å²) in [6.07, 6.45) is 1.59. The van der Waals surface area contributed by atoms with Gasteiger partial charge in [-0.25, -0.2) is 9.18 Å². The Bertz CT molecular complexity index is 1200. The molecule has 7 heteroatoms. The maximum atomic E-state index is 13.5. The third kappa shape index (κ3) is 5.65. The van der Waals surface area contributed by atoms with Crippen molar-refractivity contribution in [1.29, 1.82) is 5.26 Å². The number of nitrogens with zero attached hydrogens (tertiary/aromatic N) is 1. The molecule has 0 bridgehead atoms. The molecule has 0 aliphatic heterocycles. The van der Waals surface area contributed by atoms with Crippen LogP contribution in [-0.4, -0.2) is 17.7 Å². The third-order valence-corrected chi connectivity index (χ3v) is 4.76. The van der Waals surface area contributed by atoms with E-state index < -0.39 is 11.8 Å². The van der Waals surface area contributed by atoms with E-state index in [1.165, 1.54) is 30.3 Å². The van der Waals surface area contributed by atoms with Crippen LogP contribution in [0.1, 0.15) is 34.0 Å². The molecule has 3 aromatic carbocycles. The van der Waals surface area contributed by atoms with Crippen LogP contribution in [0.25, 0.3) is 11.6 Å². The second kappa shape index (κ2) is 10.5. The summed E-state index contributed by atoms with van der Waals surface area (Å²) in [6.45, 7) is 2.34. The van der Waals surface area contributed by atoms with E-state index in [-0.39, 0.29) is 22.8 Å². The Kier molecular flexibility index (Phi) is 7.48. The molecule has 0 heterocycles. The standard InChI is InChI=1S/C25H19ClFNO4/c1-2-31-23-12-17(10-20(14-28)19-4-3-5-21(27)13-19)11-22(26)24(23)32-15-16-6-8-18(9-7-16)25(29)30/h3-13H,2,15H2,1H3,(H,29,30). The maximum absolute atomic E-state index is 13.5. The summed E-state index contributed by atoms with van der Waals surface area (Å²) in [6, 6.07) is 17.5. The minimum atomic E-state index is -1.00. The number of hydrogen-bond acceptors (Lipinski definition) is 4. The third-order valence-electron chi connectivity index (χ3n) is 4.48. The zero-order valence-corrected chi connectivity index (χ0v) is 17.9. The first kappa shape index (κ1) is 22.9. The van der Waals surface area contributed by atoms with Gasteiger partial charge in [0.05, 0.1) is 28.8 Å². The van der Waals surface area contributed by atoms with E-state index in [9.17, 15) is 14.4 Å². The number of halogens is 2. The molecule has 0 saturated heterocycles. The number of carboxylic acid groups (broad SMARTS) is 1. The fourth-order valence-corrected chi connectivity index (χ4v) is 3.25. The van der Waals surface area contributed by atoms with Crippen molar-refractivity contribution in [3.63, 3.8) is 0 Å². The molecule has 3 aromatic rings. The van der Waals surface area contributed by atoms with Crippen molar-refractivity contribution < 1.29 is 23.8 Å². The lowest BCUT2D eigenvalue weighted by Crippen LogP contribution is -2.02. The summed E-state index contributed by atoms with van der Waals surface area (Å²) in [5.41, 5.74) is 2.26. The second-order valence-electron chi connectivity index (χ2n) is 6.73. The average molecular weight is 452 g/mol. The first-order valence-electron chi connectivity index (χ1n) is 9.70. The molecule has 0 aliphatic carbocycles. The molecule has 1 N–H and O–H groups in total. The molecular formula is C25H19ClFNO4. The van der Waals surface area contributed by atoms with Gasteiger partial charge in [-0.05, 0) is 66.1 Å². The van der Waals surface area contributed by atoms with Gasteiger partial charge in [0.15, 0.2) is 11.5 Å². The number of ether oxygens (including phenoxy) is 2. The van der Waals surface area contributed by atoms with Gasteiger partial charge in [0.25, 0.3) is 0 Å². The van der Waals surface area contributed by atoms with Crippen LogP contribution >= 0.6 is 11.6 Å². The van der Waals surface area contributed by atoms with Gasteiger partial charge in [-0.2, -0.15) is 5.26 Å². The number of allylic oxidation sites excluding steroid dienone is 1. The lowest BCUT2D eigenvalue weighted by atomic mass is 10.0. The van der Waals surface area contributed by atoms with Crippen LogP contribution in [0.2, 0.25) is 5.02 Å². The van der Waals surface area contributed by atoms with Gasteiger partial charge in [-0.3, -0.25) is 0 Å². The molecule has 0 saturated carbocycles. The summed E-state index contributed by atoms with van der Waals surface area (Å²) in [5, 5.41) is 18.8. The van der Waals surface area contributed by atoms with E-state index in [1.54, 1.807) is 36.4 Å². The molecule has 5 nitrogen and oxygen atoms in total. The van der Waals surface area contributed by atoms with Gasteiger partial charge < -0.3 is 14.6 Å². The summed E-state index contributed by atoms with van der Waals surface area (Å²) in [4.78, 5) is 11.0. The van der Waals surface area contributed by atoms with Crippen molar-refractivity contribution in [1.82, 2.24) is 0 Å². The monoisotopic (exact) mass is 451 g/mol. The summed E-state index contributed by atoms with van der Waals surface area (Å²) < 4.78 is 25.1. The molecule has 162 valence electrons. The van der Waals surface area contributed by atoms with Gasteiger partial charge in [0, 0.05) is 0 Å². The molecular weight excluding hydrogens is 433 g/mol. The van der Waals surface area contributed by atoms with Crippen LogP contribution in [0.15, 0.2) is 60.7 Å². The Labute approximate surface area is 189 Å². The minimum Gasteiger partial charge on any atom is -0.490 e. The predicted molar refractivity (Wildman–Crippen MR) is 120 cm³/mol. The van der Waals surface area contributed by atoms with Crippen LogP contribution in [0.5, 0.6) is 11.5 Å². The molecule has 32 heavy (non-hydrogen) atoms. The predicted octanol–water partition coefficient (Wildman–Crippen LogP) is 6.22. The number of carbonyl (C=O) groups is 1. The van der Waals surface area contributed by atoms with Crippen molar-refractivity contribution in [2.75, 3.05) is 6.61 Å². The Morgan fingerprint density at radius 3 is 2.50 bits per heavy atom. The van der Waals surface area contributed by atoms with Crippen molar-refractivity contribution >= 4 is 29.2 Å². The van der Waals surface area contributed by atoms with Gasteiger partial charge in [-0.15, -0.1) is 0 Å². The average Bonchev–Trinajstić information content (AvgIpc) is 2.77. The Morgan fingerprint density at radius 1 is 1.12 bits per heavy atom. The fraction of sp³-hybridized carbons (Fsp3) is 0.120. The quantitative estimate of drug-likeness (QED) is 0.325. The smallest absolute Gasteiger partial charge is 0.335 e. The van der Waals surface area contributed by atoms with E-state index in [4.69, 9.17) is 26.2 Å². The Morgan fingerprint density at radius 2 is 1.88 bits per heavy atom. The molecule has 0 aromatic heterocycles. The maximum Gasteiger partial charge on any atom is 0.335 e. The number of rotatable bonds is 8. The first-order valence-corrected chi connectivity index (χ1v) is 10.1. The molecule has 3 rings (SSSR count). The Balaban J connectivity index is 1.88. The SMILES string of the molecule is CCOc1cc(C=C(C#N)c2cccc(F)c2)cc(Cl)c1OCc1ccc(C(=O)O)cc1. The zero-order chi connectivity index (χ0) is 23.1.